The van der Waals surface area contributed by atoms with Crippen LogP contribution in [0.3, 0.4) is 0 Å². The summed E-state index contributed by atoms with van der Waals surface area (Å²) < 4.78 is 94.7. The molecule has 2 aromatic rings. The minimum absolute atomic E-state index is 0.0856. The van der Waals surface area contributed by atoms with Crippen LogP contribution in [0.1, 0.15) is 53.6 Å². The fraction of sp³-hybridized carbons (Fsp3) is 0.480. The van der Waals surface area contributed by atoms with Crippen molar-refractivity contribution in [2.45, 2.75) is 50.6 Å². The minimum atomic E-state index is -4.99. The van der Waals surface area contributed by atoms with Crippen LogP contribution < -0.4 is 10.6 Å². The van der Waals surface area contributed by atoms with Gasteiger partial charge in [-0.15, -0.1) is 0 Å². The third kappa shape index (κ3) is 5.30. The second-order valence-electron chi connectivity index (χ2n) is 9.62. The highest BCUT2D eigenvalue weighted by atomic mass is 19.4. The molecule has 0 aromatic heterocycles. The highest BCUT2D eigenvalue weighted by Crippen LogP contribution is 2.48. The number of hydrogen-bond acceptors (Lipinski definition) is 2. The number of alkyl halides is 6. The second kappa shape index (κ2) is 9.24. The standard InChI is InChI=1S/C25H26F7N3O/c1-14-9-19(26)5-6-20(14)21-13-33-7-8-35(21)22(36)34-23(2,15-3-4-15)16-10-17(24(27,28)29)12-18(11-16)25(30,31)32/h5-6,9-12,15,21,33H,3-4,7-8,13H2,1-2H3,(H,34,36). The SMILES string of the molecule is Cc1cc(F)ccc1C1CNCCN1C(=O)NC(C)(c1cc(C(F)(F)F)cc(C(F)(F)F)c1)C1CC1. The molecule has 1 aliphatic heterocycles. The van der Waals surface area contributed by atoms with Crippen LogP contribution in [0.25, 0.3) is 0 Å². The van der Waals surface area contributed by atoms with Crippen molar-refractivity contribution in [3.05, 3.63) is 70.0 Å². The number of amides is 2. The van der Waals surface area contributed by atoms with Crippen molar-refractivity contribution in [1.29, 1.82) is 0 Å². The lowest BCUT2D eigenvalue weighted by Gasteiger charge is -2.41. The van der Waals surface area contributed by atoms with Gasteiger partial charge in [-0.25, -0.2) is 9.18 Å². The highest BCUT2D eigenvalue weighted by Gasteiger charge is 2.47. The number of hydrogen-bond donors (Lipinski definition) is 2. The highest BCUT2D eigenvalue weighted by molar-refractivity contribution is 5.76. The monoisotopic (exact) mass is 517 g/mol. The number of rotatable bonds is 4. The number of halogens is 7. The van der Waals surface area contributed by atoms with Crippen molar-refractivity contribution in [1.82, 2.24) is 15.5 Å². The lowest BCUT2D eigenvalue weighted by Crippen LogP contribution is -2.56. The van der Waals surface area contributed by atoms with E-state index in [4.69, 9.17) is 0 Å². The number of nitrogens with zero attached hydrogens (tertiary/aromatic N) is 1. The number of nitrogens with one attached hydrogen (secondary N) is 2. The van der Waals surface area contributed by atoms with Gasteiger partial charge in [-0.05, 0) is 79.6 Å². The molecule has 0 radical (unpaired) electrons. The third-order valence-corrected chi connectivity index (χ3v) is 7.04. The Hall–Kier alpha value is -2.82. The first-order chi connectivity index (χ1) is 16.7. The van der Waals surface area contributed by atoms with Crippen molar-refractivity contribution in [2.24, 2.45) is 5.92 Å². The fourth-order valence-corrected chi connectivity index (χ4v) is 4.86. The number of urea groups is 1. The molecule has 2 unspecified atom stereocenters. The van der Waals surface area contributed by atoms with Crippen LogP contribution in [-0.4, -0.2) is 30.6 Å². The first kappa shape index (κ1) is 26.2. The first-order valence-electron chi connectivity index (χ1n) is 11.6. The summed E-state index contributed by atoms with van der Waals surface area (Å²) in [6.45, 7) is 4.25. The summed E-state index contributed by atoms with van der Waals surface area (Å²) in [5.74, 6) is -0.748. The maximum Gasteiger partial charge on any atom is 0.416 e. The molecule has 2 aromatic carbocycles. The maximum atomic E-state index is 13.6. The zero-order valence-electron chi connectivity index (χ0n) is 19.7. The van der Waals surface area contributed by atoms with Crippen LogP contribution in [-0.2, 0) is 17.9 Å². The maximum absolute atomic E-state index is 13.6. The Morgan fingerprint density at radius 3 is 2.08 bits per heavy atom. The summed E-state index contributed by atoms with van der Waals surface area (Å²) in [5.41, 5.74) is -3.22. The Balaban J connectivity index is 1.71. The molecular formula is C25H26F7N3O. The molecule has 2 fully saturated rings. The van der Waals surface area contributed by atoms with Crippen molar-refractivity contribution in [3.63, 3.8) is 0 Å². The van der Waals surface area contributed by atoms with Crippen molar-refractivity contribution in [3.8, 4) is 0 Å². The quantitative estimate of drug-likeness (QED) is 0.478. The van der Waals surface area contributed by atoms with Crippen LogP contribution in [0.2, 0.25) is 0 Å². The Kier molecular flexibility index (Phi) is 6.74. The van der Waals surface area contributed by atoms with Gasteiger partial charge >= 0.3 is 18.4 Å². The molecule has 4 nitrogen and oxygen atoms in total. The summed E-state index contributed by atoms with van der Waals surface area (Å²) in [4.78, 5) is 15.0. The molecule has 1 aliphatic carbocycles. The van der Waals surface area contributed by atoms with Crippen molar-refractivity contribution < 1.29 is 35.5 Å². The molecule has 0 spiro atoms. The van der Waals surface area contributed by atoms with Crippen LogP contribution in [0.5, 0.6) is 0 Å². The summed E-state index contributed by atoms with van der Waals surface area (Å²) in [5, 5.41) is 5.95. The average Bonchev–Trinajstić information content (AvgIpc) is 3.64. The number of piperazine rings is 1. The molecule has 196 valence electrons. The molecule has 0 bridgehead atoms. The Morgan fingerprint density at radius 2 is 1.56 bits per heavy atom. The number of carbonyl (C=O) groups excluding carboxylic acids is 1. The summed E-state index contributed by atoms with van der Waals surface area (Å²) >= 11 is 0. The van der Waals surface area contributed by atoms with E-state index >= 15 is 0 Å². The van der Waals surface area contributed by atoms with E-state index in [-0.39, 0.29) is 24.1 Å². The van der Waals surface area contributed by atoms with Crippen LogP contribution in [0.15, 0.2) is 36.4 Å². The van der Waals surface area contributed by atoms with Gasteiger partial charge in [-0.1, -0.05) is 6.07 Å². The number of carbonyl (C=O) groups is 1. The van der Waals surface area contributed by atoms with E-state index in [9.17, 15) is 35.5 Å². The molecule has 1 saturated heterocycles. The van der Waals surface area contributed by atoms with Gasteiger partial charge in [0.05, 0.1) is 22.7 Å². The van der Waals surface area contributed by atoms with Gasteiger partial charge < -0.3 is 15.5 Å². The van der Waals surface area contributed by atoms with Crippen molar-refractivity contribution >= 4 is 6.03 Å². The zero-order chi connectivity index (χ0) is 26.5. The lowest BCUT2D eigenvalue weighted by molar-refractivity contribution is -0.143. The predicted molar refractivity (Wildman–Crippen MR) is 119 cm³/mol. The third-order valence-electron chi connectivity index (χ3n) is 7.04. The van der Waals surface area contributed by atoms with E-state index in [0.29, 0.717) is 49.2 Å². The fourth-order valence-electron chi connectivity index (χ4n) is 4.86. The van der Waals surface area contributed by atoms with Gasteiger partial charge in [0.15, 0.2) is 0 Å². The molecule has 11 heteroatoms. The van der Waals surface area contributed by atoms with Gasteiger partial charge in [0.2, 0.25) is 0 Å². The molecule has 36 heavy (non-hydrogen) atoms. The van der Waals surface area contributed by atoms with Crippen LogP contribution in [0.4, 0.5) is 35.5 Å². The summed E-state index contributed by atoms with van der Waals surface area (Å²) in [6.07, 6.45) is -8.88. The van der Waals surface area contributed by atoms with E-state index in [1.807, 2.05) is 0 Å². The van der Waals surface area contributed by atoms with Gasteiger partial charge in [0, 0.05) is 19.6 Å². The lowest BCUT2D eigenvalue weighted by atomic mass is 9.84. The van der Waals surface area contributed by atoms with Crippen LogP contribution >= 0.6 is 0 Å². The zero-order valence-corrected chi connectivity index (χ0v) is 19.7. The Morgan fingerprint density at radius 1 is 0.972 bits per heavy atom. The average molecular weight is 517 g/mol. The molecule has 2 atom stereocenters. The normalized spacial score (nSPS) is 20.7. The molecule has 1 heterocycles. The molecule has 2 aliphatic rings. The van der Waals surface area contributed by atoms with E-state index in [1.54, 1.807) is 13.0 Å². The number of aryl methyl sites for hydroxylation is 1. The van der Waals surface area contributed by atoms with E-state index in [2.05, 4.69) is 10.6 Å². The molecule has 2 N–H and O–H groups in total. The summed E-state index contributed by atoms with van der Waals surface area (Å²) in [7, 11) is 0. The molecule has 4 rings (SSSR count). The molecule has 1 saturated carbocycles. The van der Waals surface area contributed by atoms with Gasteiger partial charge in [-0.2, -0.15) is 26.3 Å². The van der Waals surface area contributed by atoms with E-state index in [1.165, 1.54) is 24.0 Å². The van der Waals surface area contributed by atoms with Gasteiger partial charge in [0.1, 0.15) is 5.82 Å². The van der Waals surface area contributed by atoms with Gasteiger partial charge in [-0.3, -0.25) is 0 Å². The van der Waals surface area contributed by atoms with E-state index in [0.717, 1.165) is 0 Å². The summed E-state index contributed by atoms with van der Waals surface area (Å²) in [6, 6.07) is 4.56. The Bertz CT molecular complexity index is 1110. The van der Waals surface area contributed by atoms with E-state index < -0.39 is 46.9 Å². The Labute approximate surface area is 203 Å². The topological polar surface area (TPSA) is 44.4 Å². The van der Waals surface area contributed by atoms with Crippen molar-refractivity contribution in [2.75, 3.05) is 19.6 Å². The second-order valence-corrected chi connectivity index (χ2v) is 9.62. The minimum Gasteiger partial charge on any atom is -0.328 e. The first-order valence-corrected chi connectivity index (χ1v) is 11.6. The smallest absolute Gasteiger partial charge is 0.328 e. The largest absolute Gasteiger partial charge is 0.416 e. The number of benzene rings is 2. The van der Waals surface area contributed by atoms with Crippen LogP contribution in [0, 0.1) is 18.7 Å². The molecule has 2 amide bonds. The van der Waals surface area contributed by atoms with Gasteiger partial charge in [0.25, 0.3) is 0 Å². The molecular weight excluding hydrogens is 491 g/mol. The predicted octanol–water partition coefficient (Wildman–Crippen LogP) is 6.15.